The van der Waals surface area contributed by atoms with Crippen molar-refractivity contribution >= 4 is 0 Å². The molecule has 1 aromatic carbocycles. The van der Waals surface area contributed by atoms with Crippen LogP contribution in [0.2, 0.25) is 0 Å². The van der Waals surface area contributed by atoms with Crippen molar-refractivity contribution in [1.82, 2.24) is 10.1 Å². The Morgan fingerprint density at radius 3 is 2.61 bits per heavy atom. The molecule has 0 aliphatic heterocycles. The van der Waals surface area contributed by atoms with Crippen molar-refractivity contribution in [2.24, 2.45) is 0 Å². The topological polar surface area (TPSA) is 59.2 Å². The molecule has 0 aliphatic carbocycles. The van der Waals surface area contributed by atoms with Crippen molar-refractivity contribution in [3.63, 3.8) is 0 Å². The van der Waals surface area contributed by atoms with Gasteiger partial charge >= 0.3 is 0 Å². The summed E-state index contributed by atoms with van der Waals surface area (Å²) < 4.78 is 5.11. The molecule has 2 rings (SSSR count). The Bertz CT molecular complexity index is 491. The first kappa shape index (κ1) is 12.8. The van der Waals surface area contributed by atoms with E-state index in [2.05, 4.69) is 41.3 Å². The van der Waals surface area contributed by atoms with Gasteiger partial charge in [0.15, 0.2) is 5.82 Å². The lowest BCUT2D eigenvalue weighted by Gasteiger charge is -1.99. The molecule has 1 unspecified atom stereocenters. The highest BCUT2D eigenvalue weighted by molar-refractivity contribution is 5.21. The third-order valence-corrected chi connectivity index (χ3v) is 2.92. The summed E-state index contributed by atoms with van der Waals surface area (Å²) in [6.45, 7) is 3.95. The molecule has 0 saturated carbocycles. The molecule has 1 heterocycles. The first-order chi connectivity index (χ1) is 8.69. The van der Waals surface area contributed by atoms with E-state index in [-0.39, 0.29) is 0 Å². The summed E-state index contributed by atoms with van der Waals surface area (Å²) in [7, 11) is 0. The smallest absolute Gasteiger partial charge is 0.227 e. The second-order valence-electron chi connectivity index (χ2n) is 4.46. The van der Waals surface area contributed by atoms with E-state index in [4.69, 9.17) is 4.52 Å². The van der Waals surface area contributed by atoms with E-state index in [1.807, 2.05) is 6.92 Å². The lowest BCUT2D eigenvalue weighted by atomic mass is 10.1. The first-order valence-corrected chi connectivity index (χ1v) is 6.25. The maximum Gasteiger partial charge on any atom is 0.227 e. The monoisotopic (exact) mass is 246 g/mol. The number of rotatable bonds is 5. The Labute approximate surface area is 107 Å². The van der Waals surface area contributed by atoms with E-state index >= 15 is 0 Å². The Balaban J connectivity index is 1.94. The van der Waals surface area contributed by atoms with Gasteiger partial charge in [-0.3, -0.25) is 0 Å². The molecule has 0 aliphatic rings. The quantitative estimate of drug-likeness (QED) is 0.881. The van der Waals surface area contributed by atoms with Crippen molar-refractivity contribution in [3.05, 3.63) is 47.1 Å². The summed E-state index contributed by atoms with van der Waals surface area (Å²) in [6, 6.07) is 8.39. The lowest BCUT2D eigenvalue weighted by molar-refractivity contribution is 0.159. The van der Waals surface area contributed by atoms with Crippen molar-refractivity contribution in [3.8, 4) is 0 Å². The van der Waals surface area contributed by atoms with Crippen LogP contribution in [-0.2, 0) is 12.8 Å². The number of aryl methyl sites for hydroxylation is 3. The van der Waals surface area contributed by atoms with Crippen LogP contribution in [0.1, 0.15) is 42.3 Å². The molecule has 1 aromatic heterocycles. The highest BCUT2D eigenvalue weighted by atomic mass is 16.5. The van der Waals surface area contributed by atoms with E-state index in [1.165, 1.54) is 11.1 Å². The van der Waals surface area contributed by atoms with Gasteiger partial charge in [-0.05, 0) is 25.3 Å². The molecule has 0 bridgehead atoms. The van der Waals surface area contributed by atoms with Crippen LogP contribution in [0.25, 0.3) is 0 Å². The summed E-state index contributed by atoms with van der Waals surface area (Å²) in [4.78, 5) is 4.19. The minimum atomic E-state index is -0.623. The molecule has 96 valence electrons. The third-order valence-electron chi connectivity index (χ3n) is 2.92. The van der Waals surface area contributed by atoms with Crippen molar-refractivity contribution < 1.29 is 9.63 Å². The highest BCUT2D eigenvalue weighted by Crippen LogP contribution is 2.13. The van der Waals surface area contributed by atoms with Crippen molar-refractivity contribution in [1.29, 1.82) is 0 Å². The molecule has 4 nitrogen and oxygen atoms in total. The van der Waals surface area contributed by atoms with Crippen molar-refractivity contribution in [2.75, 3.05) is 0 Å². The Morgan fingerprint density at radius 2 is 1.94 bits per heavy atom. The summed E-state index contributed by atoms with van der Waals surface area (Å²) >= 11 is 0. The van der Waals surface area contributed by atoms with Gasteiger partial charge in [0, 0.05) is 6.42 Å². The highest BCUT2D eigenvalue weighted by Gasteiger charge is 2.13. The number of aromatic nitrogens is 2. The van der Waals surface area contributed by atoms with Gasteiger partial charge in [-0.2, -0.15) is 4.98 Å². The van der Waals surface area contributed by atoms with Gasteiger partial charge in [0.25, 0.3) is 0 Å². The van der Waals surface area contributed by atoms with Crippen LogP contribution in [0.4, 0.5) is 0 Å². The number of benzene rings is 1. The van der Waals surface area contributed by atoms with E-state index in [0.717, 1.165) is 6.42 Å². The number of aliphatic hydroxyl groups is 1. The predicted molar refractivity (Wildman–Crippen MR) is 68.1 cm³/mol. The normalized spacial score (nSPS) is 12.6. The number of nitrogens with zero attached hydrogens (tertiary/aromatic N) is 2. The number of hydrogen-bond acceptors (Lipinski definition) is 4. The van der Waals surface area contributed by atoms with Gasteiger partial charge in [-0.15, -0.1) is 0 Å². The first-order valence-electron chi connectivity index (χ1n) is 6.25. The summed E-state index contributed by atoms with van der Waals surface area (Å²) in [5, 5.41) is 13.4. The Hall–Kier alpha value is -1.68. The molecular weight excluding hydrogens is 228 g/mol. The van der Waals surface area contributed by atoms with Crippen LogP contribution < -0.4 is 0 Å². The number of aliphatic hydroxyl groups excluding tert-OH is 1. The van der Waals surface area contributed by atoms with Gasteiger partial charge in [-0.1, -0.05) is 41.9 Å². The van der Waals surface area contributed by atoms with E-state index in [0.29, 0.717) is 24.6 Å². The largest absolute Gasteiger partial charge is 0.385 e. The Kier molecular flexibility index (Phi) is 4.10. The van der Waals surface area contributed by atoms with Crippen LogP contribution >= 0.6 is 0 Å². The van der Waals surface area contributed by atoms with Crippen molar-refractivity contribution in [2.45, 2.75) is 39.2 Å². The van der Waals surface area contributed by atoms with E-state index < -0.39 is 6.10 Å². The Morgan fingerprint density at radius 1 is 1.22 bits per heavy atom. The van der Waals surface area contributed by atoms with Crippen LogP contribution in [-0.4, -0.2) is 15.2 Å². The minimum Gasteiger partial charge on any atom is -0.385 e. The fourth-order valence-electron chi connectivity index (χ4n) is 1.69. The molecule has 2 aromatic rings. The third kappa shape index (κ3) is 3.17. The standard InChI is InChI=1S/C14H18N2O2/c1-3-12(17)14-15-13(18-16-14)9-8-11-6-4-10(2)5-7-11/h4-7,12,17H,3,8-9H2,1-2H3. The predicted octanol–water partition coefficient (Wildman–Crippen LogP) is 2.61. The maximum absolute atomic E-state index is 9.57. The fourth-order valence-corrected chi connectivity index (χ4v) is 1.69. The van der Waals surface area contributed by atoms with E-state index in [9.17, 15) is 5.11 Å². The molecule has 0 spiro atoms. The zero-order valence-electron chi connectivity index (χ0n) is 10.8. The summed E-state index contributed by atoms with van der Waals surface area (Å²) in [6.07, 6.45) is 1.54. The number of hydrogen-bond donors (Lipinski definition) is 1. The summed E-state index contributed by atoms with van der Waals surface area (Å²) in [5.74, 6) is 0.967. The SMILES string of the molecule is CCC(O)c1noc(CCc2ccc(C)cc2)n1. The van der Waals surface area contributed by atoms with Gasteiger partial charge in [-0.25, -0.2) is 0 Å². The molecule has 0 fully saturated rings. The zero-order chi connectivity index (χ0) is 13.0. The average molecular weight is 246 g/mol. The van der Waals surface area contributed by atoms with Crippen LogP contribution in [0.5, 0.6) is 0 Å². The van der Waals surface area contributed by atoms with Gasteiger partial charge in [0.1, 0.15) is 6.10 Å². The van der Waals surface area contributed by atoms with Crippen LogP contribution in [0.15, 0.2) is 28.8 Å². The zero-order valence-corrected chi connectivity index (χ0v) is 10.8. The lowest BCUT2D eigenvalue weighted by Crippen LogP contribution is -1.98. The van der Waals surface area contributed by atoms with Crippen LogP contribution in [0, 0.1) is 6.92 Å². The van der Waals surface area contributed by atoms with Gasteiger partial charge in [0.2, 0.25) is 5.89 Å². The molecule has 0 saturated heterocycles. The van der Waals surface area contributed by atoms with Gasteiger partial charge in [0.05, 0.1) is 0 Å². The molecular formula is C14H18N2O2. The minimum absolute atomic E-state index is 0.386. The average Bonchev–Trinajstić information content (AvgIpc) is 2.86. The maximum atomic E-state index is 9.57. The summed E-state index contributed by atoms with van der Waals surface area (Å²) in [5.41, 5.74) is 2.50. The fraction of sp³-hybridized carbons (Fsp3) is 0.429. The molecule has 4 heteroatoms. The molecule has 1 N–H and O–H groups in total. The molecule has 18 heavy (non-hydrogen) atoms. The molecule has 0 amide bonds. The second-order valence-corrected chi connectivity index (χ2v) is 4.46. The molecule has 1 atom stereocenters. The van der Waals surface area contributed by atoms with E-state index in [1.54, 1.807) is 0 Å². The van der Waals surface area contributed by atoms with Crippen LogP contribution in [0.3, 0.4) is 0 Å². The van der Waals surface area contributed by atoms with Gasteiger partial charge < -0.3 is 9.63 Å². The molecule has 0 radical (unpaired) electrons. The second kappa shape index (κ2) is 5.78.